The Kier molecular flexibility index (Phi) is 6.42. The number of aliphatic hydroxyl groups excluding tert-OH is 3. The minimum atomic E-state index is -1.34. The molecule has 0 atom stereocenters. The normalized spacial score (nSPS) is 11.9. The molecule has 0 unspecified atom stereocenters. The van der Waals surface area contributed by atoms with Gasteiger partial charge in [0.05, 0.1) is 26.4 Å². The van der Waals surface area contributed by atoms with Crippen LogP contribution in [0, 0.1) is 0 Å². The Morgan fingerprint density at radius 2 is 1.67 bits per heavy atom. The van der Waals surface area contributed by atoms with Crippen molar-refractivity contribution in [1.29, 1.82) is 0 Å². The highest BCUT2D eigenvalue weighted by Gasteiger charge is 2.29. The molecule has 0 bridgehead atoms. The second kappa shape index (κ2) is 6.73. The summed E-state index contributed by atoms with van der Waals surface area (Å²) in [6.45, 7) is 2.35. The van der Waals surface area contributed by atoms with Gasteiger partial charge in [-0.25, -0.2) is 0 Å². The number of hydrogen-bond donors (Lipinski definition) is 5. The van der Waals surface area contributed by atoms with Crippen LogP contribution in [0.3, 0.4) is 0 Å². The summed E-state index contributed by atoms with van der Waals surface area (Å²) in [4.78, 5) is 11.3. The standard InChI is InChI=1S/C9H20N2O4/c1-7(2)10-3-8(15)11-9(4-12,5-13)6-14/h7,10,12-14H,3-6H2,1-2H3,(H,11,15). The van der Waals surface area contributed by atoms with Crippen LogP contribution in [0.5, 0.6) is 0 Å². The first kappa shape index (κ1) is 14.3. The van der Waals surface area contributed by atoms with Crippen molar-refractivity contribution in [2.45, 2.75) is 25.4 Å². The van der Waals surface area contributed by atoms with Gasteiger partial charge in [-0.15, -0.1) is 0 Å². The molecule has 0 heterocycles. The van der Waals surface area contributed by atoms with Crippen molar-refractivity contribution in [3.63, 3.8) is 0 Å². The third kappa shape index (κ3) is 5.08. The molecular weight excluding hydrogens is 200 g/mol. The number of aliphatic hydroxyl groups is 3. The van der Waals surface area contributed by atoms with E-state index in [4.69, 9.17) is 15.3 Å². The molecule has 1 amide bonds. The van der Waals surface area contributed by atoms with E-state index in [9.17, 15) is 4.79 Å². The lowest BCUT2D eigenvalue weighted by molar-refractivity contribution is -0.124. The largest absolute Gasteiger partial charge is 0.394 e. The lowest BCUT2D eigenvalue weighted by Gasteiger charge is -2.28. The summed E-state index contributed by atoms with van der Waals surface area (Å²) < 4.78 is 0. The van der Waals surface area contributed by atoms with Gasteiger partial charge in [0.1, 0.15) is 5.54 Å². The monoisotopic (exact) mass is 220 g/mol. The zero-order chi connectivity index (χ0) is 11.9. The Morgan fingerprint density at radius 3 is 2.00 bits per heavy atom. The van der Waals surface area contributed by atoms with Crippen LogP contribution in [-0.2, 0) is 4.79 Å². The Balaban J connectivity index is 4.11. The number of carbonyl (C=O) groups excluding carboxylic acids is 1. The highest BCUT2D eigenvalue weighted by Crippen LogP contribution is 2.00. The van der Waals surface area contributed by atoms with E-state index >= 15 is 0 Å². The molecule has 15 heavy (non-hydrogen) atoms. The molecule has 6 nitrogen and oxygen atoms in total. The first-order valence-electron chi connectivity index (χ1n) is 4.86. The summed E-state index contributed by atoms with van der Waals surface area (Å²) in [5.74, 6) is -0.374. The minimum Gasteiger partial charge on any atom is -0.394 e. The van der Waals surface area contributed by atoms with Crippen LogP contribution >= 0.6 is 0 Å². The average molecular weight is 220 g/mol. The molecule has 5 N–H and O–H groups in total. The molecule has 0 fully saturated rings. The first-order valence-corrected chi connectivity index (χ1v) is 4.86. The van der Waals surface area contributed by atoms with Crippen LogP contribution in [0.2, 0.25) is 0 Å². The molecule has 0 aromatic rings. The fourth-order valence-corrected chi connectivity index (χ4v) is 0.905. The Hall–Kier alpha value is -0.690. The van der Waals surface area contributed by atoms with E-state index < -0.39 is 25.4 Å². The number of hydrogen-bond acceptors (Lipinski definition) is 5. The topological polar surface area (TPSA) is 102 Å². The first-order chi connectivity index (χ1) is 6.99. The lowest BCUT2D eigenvalue weighted by atomic mass is 10.0. The van der Waals surface area contributed by atoms with Crippen LogP contribution in [0.4, 0.5) is 0 Å². The van der Waals surface area contributed by atoms with E-state index in [0.717, 1.165) is 0 Å². The maximum atomic E-state index is 11.3. The van der Waals surface area contributed by atoms with E-state index in [1.807, 2.05) is 13.8 Å². The van der Waals surface area contributed by atoms with Gasteiger partial charge in [0.25, 0.3) is 0 Å². The highest BCUT2D eigenvalue weighted by molar-refractivity contribution is 5.79. The summed E-state index contributed by atoms with van der Waals surface area (Å²) in [5.41, 5.74) is -1.34. The van der Waals surface area contributed by atoms with Gasteiger partial charge in [0, 0.05) is 6.04 Å². The molecule has 0 rings (SSSR count). The van der Waals surface area contributed by atoms with Crippen LogP contribution in [-0.4, -0.2) is 59.2 Å². The summed E-state index contributed by atoms with van der Waals surface area (Å²) in [7, 11) is 0. The van der Waals surface area contributed by atoms with Gasteiger partial charge >= 0.3 is 0 Å². The van der Waals surface area contributed by atoms with Gasteiger partial charge < -0.3 is 26.0 Å². The molecule has 90 valence electrons. The average Bonchev–Trinajstić information content (AvgIpc) is 2.23. The molecule has 0 aliphatic rings. The van der Waals surface area contributed by atoms with Crippen LogP contribution in [0.25, 0.3) is 0 Å². The smallest absolute Gasteiger partial charge is 0.234 e. The van der Waals surface area contributed by atoms with Crippen molar-refractivity contribution in [1.82, 2.24) is 10.6 Å². The van der Waals surface area contributed by atoms with Gasteiger partial charge in [-0.1, -0.05) is 13.8 Å². The number of nitrogens with one attached hydrogen (secondary N) is 2. The van der Waals surface area contributed by atoms with Crippen molar-refractivity contribution in [3.05, 3.63) is 0 Å². The summed E-state index contributed by atoms with van der Waals surface area (Å²) >= 11 is 0. The van der Waals surface area contributed by atoms with Crippen molar-refractivity contribution in [2.24, 2.45) is 0 Å². The van der Waals surface area contributed by atoms with Crippen LogP contribution in [0.15, 0.2) is 0 Å². The molecule has 0 radical (unpaired) electrons. The molecule has 0 saturated carbocycles. The predicted octanol–water partition coefficient (Wildman–Crippen LogP) is -2.18. The molecule has 0 aromatic carbocycles. The van der Waals surface area contributed by atoms with E-state index in [2.05, 4.69) is 10.6 Å². The maximum absolute atomic E-state index is 11.3. The molecule has 6 heteroatoms. The SMILES string of the molecule is CC(C)NCC(=O)NC(CO)(CO)CO. The molecule has 0 aromatic heterocycles. The van der Waals surface area contributed by atoms with Crippen molar-refractivity contribution >= 4 is 5.91 Å². The minimum absolute atomic E-state index is 0.0828. The maximum Gasteiger partial charge on any atom is 0.234 e. The predicted molar refractivity (Wildman–Crippen MR) is 55.3 cm³/mol. The molecule has 0 aliphatic carbocycles. The zero-order valence-corrected chi connectivity index (χ0v) is 9.16. The van der Waals surface area contributed by atoms with E-state index in [-0.39, 0.29) is 18.5 Å². The molecule has 0 saturated heterocycles. The Morgan fingerprint density at radius 1 is 1.20 bits per heavy atom. The fraction of sp³-hybridized carbons (Fsp3) is 0.889. The fourth-order valence-electron chi connectivity index (χ4n) is 0.905. The summed E-state index contributed by atoms with van der Waals surface area (Å²) in [6, 6.07) is 0.169. The van der Waals surface area contributed by atoms with Crippen molar-refractivity contribution in [2.75, 3.05) is 26.4 Å². The third-order valence-electron chi connectivity index (χ3n) is 1.98. The molecule has 0 aliphatic heterocycles. The zero-order valence-electron chi connectivity index (χ0n) is 9.16. The molecular formula is C9H20N2O4. The van der Waals surface area contributed by atoms with Gasteiger partial charge in [-0.2, -0.15) is 0 Å². The lowest BCUT2D eigenvalue weighted by Crippen LogP contribution is -2.58. The summed E-state index contributed by atoms with van der Waals surface area (Å²) in [5, 5.41) is 32.1. The second-order valence-corrected chi connectivity index (χ2v) is 3.84. The third-order valence-corrected chi connectivity index (χ3v) is 1.98. The number of rotatable bonds is 7. The van der Waals surface area contributed by atoms with E-state index in [1.165, 1.54) is 0 Å². The van der Waals surface area contributed by atoms with Crippen LogP contribution < -0.4 is 10.6 Å². The van der Waals surface area contributed by atoms with Crippen LogP contribution in [0.1, 0.15) is 13.8 Å². The summed E-state index contributed by atoms with van der Waals surface area (Å²) in [6.07, 6.45) is 0. The Bertz CT molecular complexity index is 184. The van der Waals surface area contributed by atoms with Gasteiger partial charge in [0.2, 0.25) is 5.91 Å². The van der Waals surface area contributed by atoms with Gasteiger partial charge in [0.15, 0.2) is 0 Å². The number of amides is 1. The van der Waals surface area contributed by atoms with Crippen molar-refractivity contribution < 1.29 is 20.1 Å². The second-order valence-electron chi connectivity index (χ2n) is 3.84. The van der Waals surface area contributed by atoms with E-state index in [0.29, 0.717) is 0 Å². The quantitative estimate of drug-likeness (QED) is 0.336. The van der Waals surface area contributed by atoms with Crippen molar-refractivity contribution in [3.8, 4) is 0 Å². The van der Waals surface area contributed by atoms with E-state index in [1.54, 1.807) is 0 Å². The molecule has 0 spiro atoms. The Labute approximate surface area is 89.3 Å². The highest BCUT2D eigenvalue weighted by atomic mass is 16.3. The van der Waals surface area contributed by atoms with Gasteiger partial charge in [-0.05, 0) is 0 Å². The van der Waals surface area contributed by atoms with Gasteiger partial charge in [-0.3, -0.25) is 4.79 Å². The number of carbonyl (C=O) groups is 1.